The van der Waals surface area contributed by atoms with Crippen LogP contribution in [0.25, 0.3) is 0 Å². The highest BCUT2D eigenvalue weighted by molar-refractivity contribution is 6.14. The monoisotopic (exact) mass is 517 g/mol. The van der Waals surface area contributed by atoms with Crippen LogP contribution in [0.4, 0.5) is 0 Å². The number of hydrogen-bond acceptors (Lipinski definition) is 10. The van der Waals surface area contributed by atoms with Gasteiger partial charge in [-0.2, -0.15) is 0 Å². The second-order valence-corrected chi connectivity index (χ2v) is 10.3. The maximum absolute atomic E-state index is 13.8. The van der Waals surface area contributed by atoms with Crippen molar-refractivity contribution in [3.05, 3.63) is 34.3 Å². The van der Waals surface area contributed by atoms with Crippen molar-refractivity contribution in [2.75, 3.05) is 20.3 Å². The largest absolute Gasteiger partial charge is 0.504 e. The van der Waals surface area contributed by atoms with Gasteiger partial charge in [-0.15, -0.1) is 0 Å². The van der Waals surface area contributed by atoms with Gasteiger partial charge >= 0.3 is 17.9 Å². The van der Waals surface area contributed by atoms with E-state index in [2.05, 4.69) is 5.32 Å². The quantitative estimate of drug-likeness (QED) is 0.255. The number of nitrogens with one attached hydrogen (secondary N) is 1. The number of rotatable bonds is 7. The first-order chi connectivity index (χ1) is 17.4. The molecular weight excluding hydrogens is 486 g/mol. The summed E-state index contributed by atoms with van der Waals surface area (Å²) in [6.45, 7) is 4.58. The standard InChI is InChI=1S/C26H31NO10/c1-12(28)36-15-9-25(2)14(5-6-16(25)29)19-21(15)26(3)17(11-35-4)37-24(34)13(10-27-8-7-18(30)31)20(26)23(33)22(19)32/h10,14-15,17,27,33H,5-9,11H2,1-4H3,(H,30,31)/b13-10-/t14-,15+,17+,25-,26-/m0/s1. The Hall–Kier alpha value is -3.47. The van der Waals surface area contributed by atoms with E-state index >= 15 is 0 Å². The maximum Gasteiger partial charge on any atom is 0.340 e. The predicted octanol–water partition coefficient (Wildman–Crippen LogP) is 1.52. The number of carbonyl (C=O) groups excluding carboxylic acids is 4. The molecule has 11 nitrogen and oxygen atoms in total. The van der Waals surface area contributed by atoms with Crippen molar-refractivity contribution in [1.82, 2.24) is 5.32 Å². The Morgan fingerprint density at radius 3 is 2.57 bits per heavy atom. The van der Waals surface area contributed by atoms with Crippen LogP contribution in [0.5, 0.6) is 0 Å². The third kappa shape index (κ3) is 4.05. The van der Waals surface area contributed by atoms with Crippen LogP contribution in [-0.4, -0.2) is 72.2 Å². The number of methoxy groups -OCH3 is 1. The molecule has 0 aromatic carbocycles. The molecule has 3 N–H and O–H groups in total. The summed E-state index contributed by atoms with van der Waals surface area (Å²) in [5, 5.41) is 23.0. The molecule has 5 atom stereocenters. The first-order valence-corrected chi connectivity index (χ1v) is 12.2. The molecule has 0 spiro atoms. The van der Waals surface area contributed by atoms with E-state index in [4.69, 9.17) is 19.3 Å². The van der Waals surface area contributed by atoms with Gasteiger partial charge in [0.1, 0.15) is 18.0 Å². The van der Waals surface area contributed by atoms with Gasteiger partial charge in [-0.1, -0.05) is 6.92 Å². The Bertz CT molecular complexity index is 1180. The summed E-state index contributed by atoms with van der Waals surface area (Å²) in [6.07, 6.45) is -0.175. The zero-order valence-electron chi connectivity index (χ0n) is 21.2. The Kier molecular flexibility index (Phi) is 6.78. The number of carboxylic acid groups (broad SMARTS) is 1. The first-order valence-electron chi connectivity index (χ1n) is 12.2. The Labute approximate surface area is 213 Å². The smallest absolute Gasteiger partial charge is 0.340 e. The van der Waals surface area contributed by atoms with Gasteiger partial charge in [0.25, 0.3) is 0 Å². The van der Waals surface area contributed by atoms with Crippen LogP contribution in [0.1, 0.15) is 46.5 Å². The lowest BCUT2D eigenvalue weighted by atomic mass is 9.53. The van der Waals surface area contributed by atoms with Crippen molar-refractivity contribution < 1.29 is 48.4 Å². The number of carboxylic acids is 1. The fourth-order valence-electron chi connectivity index (χ4n) is 6.45. The van der Waals surface area contributed by atoms with Crippen LogP contribution in [0.2, 0.25) is 0 Å². The zero-order valence-corrected chi connectivity index (χ0v) is 21.2. The van der Waals surface area contributed by atoms with Crippen molar-refractivity contribution in [2.45, 2.75) is 58.7 Å². The molecule has 0 amide bonds. The van der Waals surface area contributed by atoms with E-state index in [0.717, 1.165) is 0 Å². The van der Waals surface area contributed by atoms with E-state index in [1.807, 2.05) is 0 Å². The average Bonchev–Trinajstić information content (AvgIpc) is 3.10. The molecule has 3 aliphatic carbocycles. The zero-order chi connectivity index (χ0) is 27.3. The van der Waals surface area contributed by atoms with Crippen LogP contribution in [0, 0.1) is 16.7 Å². The lowest BCUT2D eigenvalue weighted by Crippen LogP contribution is -2.57. The number of esters is 2. The molecule has 1 aliphatic heterocycles. The molecule has 2 fully saturated rings. The minimum Gasteiger partial charge on any atom is -0.504 e. The molecule has 4 aliphatic rings. The van der Waals surface area contributed by atoms with Gasteiger partial charge in [-0.05, 0) is 18.9 Å². The molecule has 37 heavy (non-hydrogen) atoms. The molecular formula is C26H31NO10. The number of ketones is 2. The molecule has 0 aromatic rings. The minimum absolute atomic E-state index is 0.0116. The highest BCUT2D eigenvalue weighted by atomic mass is 16.6. The first kappa shape index (κ1) is 26.6. The SMILES string of the molecule is COC[C@H]1OC(=O)/C(=C\NCCC(=O)O)C2=C(O)C(=O)C3=C([C@H](OC(C)=O)C[C@]4(C)C(=O)CC[C@@H]34)[C@]21C. The van der Waals surface area contributed by atoms with Gasteiger partial charge in [0, 0.05) is 62.1 Å². The Morgan fingerprint density at radius 2 is 1.95 bits per heavy atom. The third-order valence-corrected chi connectivity index (χ3v) is 8.15. The van der Waals surface area contributed by atoms with Crippen molar-refractivity contribution >= 4 is 29.5 Å². The fraction of sp³-hybridized carbons (Fsp3) is 0.577. The highest BCUT2D eigenvalue weighted by Gasteiger charge is 2.64. The number of hydrogen-bond donors (Lipinski definition) is 3. The van der Waals surface area contributed by atoms with Crippen LogP contribution in [-0.2, 0) is 38.2 Å². The molecule has 200 valence electrons. The predicted molar refractivity (Wildman–Crippen MR) is 126 cm³/mol. The summed E-state index contributed by atoms with van der Waals surface area (Å²) in [6, 6.07) is 0. The van der Waals surface area contributed by atoms with Crippen molar-refractivity contribution in [2.24, 2.45) is 16.7 Å². The summed E-state index contributed by atoms with van der Waals surface area (Å²) in [4.78, 5) is 62.8. The number of cyclic esters (lactones) is 1. The Morgan fingerprint density at radius 1 is 1.24 bits per heavy atom. The number of aliphatic hydroxyl groups excluding tert-OH is 1. The van der Waals surface area contributed by atoms with Gasteiger partial charge < -0.3 is 29.7 Å². The molecule has 0 aromatic heterocycles. The minimum atomic E-state index is -1.34. The number of ether oxygens (including phenoxy) is 3. The second kappa shape index (κ2) is 9.44. The summed E-state index contributed by atoms with van der Waals surface area (Å²) >= 11 is 0. The van der Waals surface area contributed by atoms with Crippen LogP contribution < -0.4 is 5.32 Å². The number of carbonyl (C=O) groups is 5. The highest BCUT2D eigenvalue weighted by Crippen LogP contribution is 2.62. The number of aliphatic hydroxyl groups is 1. The molecule has 1 saturated heterocycles. The van der Waals surface area contributed by atoms with Crippen molar-refractivity contribution in [3.8, 4) is 0 Å². The van der Waals surface area contributed by atoms with Crippen LogP contribution in [0.15, 0.2) is 34.3 Å². The summed E-state index contributed by atoms with van der Waals surface area (Å²) in [7, 11) is 1.42. The van der Waals surface area contributed by atoms with Crippen LogP contribution in [0.3, 0.4) is 0 Å². The van der Waals surface area contributed by atoms with E-state index in [0.29, 0.717) is 12.0 Å². The number of allylic oxidation sites excluding steroid dienone is 1. The van der Waals surface area contributed by atoms with E-state index in [9.17, 15) is 29.1 Å². The second-order valence-electron chi connectivity index (χ2n) is 10.3. The van der Waals surface area contributed by atoms with Crippen LogP contribution >= 0.6 is 0 Å². The number of fused-ring (bicyclic) bond motifs is 4. The normalized spacial score (nSPS) is 34.1. The van der Waals surface area contributed by atoms with E-state index < -0.39 is 58.4 Å². The van der Waals surface area contributed by atoms with E-state index in [1.165, 1.54) is 20.2 Å². The van der Waals surface area contributed by atoms with Gasteiger partial charge in [-0.3, -0.25) is 19.2 Å². The van der Waals surface area contributed by atoms with E-state index in [1.54, 1.807) is 13.8 Å². The molecule has 0 unspecified atom stereocenters. The lowest BCUT2D eigenvalue weighted by molar-refractivity contribution is -0.160. The fourth-order valence-corrected chi connectivity index (χ4v) is 6.45. The molecule has 0 radical (unpaired) electrons. The molecule has 11 heteroatoms. The summed E-state index contributed by atoms with van der Waals surface area (Å²) in [5.74, 6) is -4.42. The van der Waals surface area contributed by atoms with Gasteiger partial charge in [0.2, 0.25) is 5.78 Å². The maximum atomic E-state index is 13.8. The number of aliphatic carboxylic acids is 1. The third-order valence-electron chi connectivity index (χ3n) is 8.15. The molecule has 1 heterocycles. The van der Waals surface area contributed by atoms with Gasteiger partial charge in [-0.25, -0.2) is 4.79 Å². The average molecular weight is 518 g/mol. The topological polar surface area (TPSA) is 166 Å². The molecule has 1 saturated carbocycles. The molecule has 4 rings (SSSR count). The van der Waals surface area contributed by atoms with Crippen molar-refractivity contribution in [3.63, 3.8) is 0 Å². The summed E-state index contributed by atoms with van der Waals surface area (Å²) in [5.41, 5.74) is -1.85. The van der Waals surface area contributed by atoms with Gasteiger partial charge in [0.05, 0.1) is 24.0 Å². The van der Waals surface area contributed by atoms with E-state index in [-0.39, 0.29) is 54.9 Å². The van der Waals surface area contributed by atoms with Crippen molar-refractivity contribution in [1.29, 1.82) is 0 Å². The summed E-state index contributed by atoms with van der Waals surface area (Å²) < 4.78 is 16.8. The lowest BCUT2D eigenvalue weighted by Gasteiger charge is -2.53. The van der Waals surface area contributed by atoms with Gasteiger partial charge in [0.15, 0.2) is 5.76 Å². The Balaban J connectivity index is 1.94. The molecule has 0 bridgehead atoms. The number of Topliss-reactive ketones (excluding diaryl/α,β-unsaturated/α-hetero) is 2.